The molecule has 0 aromatic rings. The predicted molar refractivity (Wildman–Crippen MR) is 68.7 cm³/mol. The molecule has 5 N–H and O–H groups in total. The molecule has 0 bridgehead atoms. The van der Waals surface area contributed by atoms with Gasteiger partial charge < -0.3 is 39.7 Å². The molecule has 1 saturated heterocycles. The number of rotatable bonds is 3. The molecule has 0 spiro atoms. The van der Waals surface area contributed by atoms with Crippen molar-refractivity contribution in [1.82, 2.24) is 0 Å². The molecule has 7 atom stereocenters. The Morgan fingerprint density at radius 3 is 2.38 bits per heavy atom. The second-order valence-corrected chi connectivity index (χ2v) is 5.42. The van der Waals surface area contributed by atoms with E-state index in [4.69, 9.17) is 19.3 Å². The first-order chi connectivity index (χ1) is 9.85. The maximum absolute atomic E-state index is 9.91. The minimum atomic E-state index is -1.50. The van der Waals surface area contributed by atoms with Crippen LogP contribution >= 0.6 is 0 Å². The molecule has 2 rings (SSSR count). The van der Waals surface area contributed by atoms with E-state index in [1.54, 1.807) is 13.8 Å². The van der Waals surface area contributed by atoms with Crippen LogP contribution in [0, 0.1) is 0 Å². The first-order valence-electron chi connectivity index (χ1n) is 6.85. The Morgan fingerprint density at radius 2 is 1.76 bits per heavy atom. The second kappa shape index (κ2) is 6.57. The van der Waals surface area contributed by atoms with Gasteiger partial charge >= 0.3 is 0 Å². The molecule has 7 unspecified atom stereocenters. The van der Waals surface area contributed by atoms with Crippen LogP contribution in [0.1, 0.15) is 20.3 Å². The molecular weight excluding hydrogens is 284 g/mol. The van der Waals surface area contributed by atoms with Gasteiger partial charge in [0, 0.05) is 12.0 Å². The van der Waals surface area contributed by atoms with Gasteiger partial charge in [-0.1, -0.05) is 0 Å². The quantitative estimate of drug-likeness (QED) is 0.413. The molecule has 122 valence electrons. The highest BCUT2D eigenvalue weighted by molar-refractivity contribution is 5.12. The third-order valence-electron chi connectivity index (χ3n) is 3.75. The van der Waals surface area contributed by atoms with Gasteiger partial charge in [-0.05, 0) is 13.8 Å². The van der Waals surface area contributed by atoms with Crippen LogP contribution in [0.2, 0.25) is 0 Å². The molecule has 2 heterocycles. The minimum absolute atomic E-state index is 0.274. The van der Waals surface area contributed by atoms with Crippen molar-refractivity contribution < 1.29 is 39.7 Å². The Bertz CT molecular complexity index is 396. The van der Waals surface area contributed by atoms with Gasteiger partial charge in [-0.3, -0.25) is 0 Å². The molecule has 8 nitrogen and oxygen atoms in total. The summed E-state index contributed by atoms with van der Waals surface area (Å²) in [5.74, 6) is 0.394. The first kappa shape index (κ1) is 16.6. The Hall–Kier alpha value is -0.740. The largest absolute Gasteiger partial charge is 0.466 e. The van der Waals surface area contributed by atoms with Crippen LogP contribution in [-0.4, -0.2) is 75.2 Å². The van der Waals surface area contributed by atoms with E-state index in [1.807, 2.05) is 0 Å². The van der Waals surface area contributed by atoms with E-state index < -0.39 is 43.6 Å². The van der Waals surface area contributed by atoms with Gasteiger partial charge in [0.15, 0.2) is 6.29 Å². The first-order valence-corrected chi connectivity index (χ1v) is 6.85. The van der Waals surface area contributed by atoms with Crippen LogP contribution in [-0.2, 0) is 14.2 Å². The van der Waals surface area contributed by atoms with Gasteiger partial charge in [0.1, 0.15) is 30.2 Å². The van der Waals surface area contributed by atoms with Crippen molar-refractivity contribution in [3.8, 4) is 0 Å². The fourth-order valence-electron chi connectivity index (χ4n) is 2.38. The van der Waals surface area contributed by atoms with Crippen LogP contribution in [0.4, 0.5) is 0 Å². The van der Waals surface area contributed by atoms with E-state index in [2.05, 4.69) is 0 Å². The zero-order valence-electron chi connectivity index (χ0n) is 11.9. The number of hydrogen-bond acceptors (Lipinski definition) is 8. The van der Waals surface area contributed by atoms with Crippen molar-refractivity contribution in [3.63, 3.8) is 0 Å². The fourth-order valence-corrected chi connectivity index (χ4v) is 2.38. The van der Waals surface area contributed by atoms with Gasteiger partial charge in [0.05, 0.1) is 12.7 Å². The molecule has 0 radical (unpaired) electrons. The zero-order valence-corrected chi connectivity index (χ0v) is 11.9. The highest BCUT2D eigenvalue weighted by Crippen LogP contribution is 2.30. The SMILES string of the molecule is CC1=C(OC2OC(CO)C(O)C(O)C2O)CC(C)OC1O. The normalized spacial score (nSPS) is 44.8. The summed E-state index contributed by atoms with van der Waals surface area (Å²) in [5.41, 5.74) is 0.449. The fraction of sp³-hybridized carbons (Fsp3) is 0.846. The van der Waals surface area contributed by atoms with E-state index in [0.717, 1.165) is 0 Å². The van der Waals surface area contributed by atoms with Gasteiger partial charge in [-0.15, -0.1) is 0 Å². The molecule has 0 amide bonds. The summed E-state index contributed by atoms with van der Waals surface area (Å²) in [6.45, 7) is 2.85. The van der Waals surface area contributed by atoms with E-state index in [-0.39, 0.29) is 6.10 Å². The van der Waals surface area contributed by atoms with E-state index >= 15 is 0 Å². The molecule has 0 aromatic carbocycles. The molecule has 0 saturated carbocycles. The van der Waals surface area contributed by atoms with Crippen LogP contribution in [0.5, 0.6) is 0 Å². The summed E-state index contributed by atoms with van der Waals surface area (Å²) < 4.78 is 16.0. The van der Waals surface area contributed by atoms with Gasteiger partial charge in [-0.25, -0.2) is 0 Å². The van der Waals surface area contributed by atoms with E-state index in [1.165, 1.54) is 0 Å². The Balaban J connectivity index is 2.12. The lowest BCUT2D eigenvalue weighted by molar-refractivity contribution is -0.294. The maximum atomic E-state index is 9.91. The molecule has 21 heavy (non-hydrogen) atoms. The number of aliphatic hydroxyl groups is 5. The molecule has 2 aliphatic rings. The van der Waals surface area contributed by atoms with Crippen LogP contribution < -0.4 is 0 Å². The Kier molecular flexibility index (Phi) is 5.20. The average Bonchev–Trinajstić information content (AvgIpc) is 2.44. The molecule has 8 heteroatoms. The van der Waals surface area contributed by atoms with Crippen molar-refractivity contribution in [1.29, 1.82) is 0 Å². The monoisotopic (exact) mass is 306 g/mol. The minimum Gasteiger partial charge on any atom is -0.466 e. The number of ether oxygens (including phenoxy) is 3. The van der Waals surface area contributed by atoms with Crippen LogP contribution in [0.3, 0.4) is 0 Å². The summed E-state index contributed by atoms with van der Waals surface area (Å²) >= 11 is 0. The van der Waals surface area contributed by atoms with Gasteiger partial charge in [-0.2, -0.15) is 0 Å². The van der Waals surface area contributed by atoms with Crippen molar-refractivity contribution in [2.75, 3.05) is 6.61 Å². The molecular formula is C13H22O8. The van der Waals surface area contributed by atoms with E-state index in [0.29, 0.717) is 17.8 Å². The summed E-state index contributed by atoms with van der Waals surface area (Å²) in [4.78, 5) is 0. The van der Waals surface area contributed by atoms with Gasteiger partial charge in [0.2, 0.25) is 6.29 Å². The summed E-state index contributed by atoms with van der Waals surface area (Å²) in [7, 11) is 0. The maximum Gasteiger partial charge on any atom is 0.228 e. The summed E-state index contributed by atoms with van der Waals surface area (Å²) in [6.07, 6.45) is -7.68. The molecule has 1 fully saturated rings. The standard InChI is InChI=1S/C13H22O8/c1-5-3-7(6(2)12(18)19-5)20-13-11(17)10(16)9(15)8(4-14)21-13/h5,8-18H,3-4H2,1-2H3. The number of hydrogen-bond donors (Lipinski definition) is 5. The molecule has 2 aliphatic heterocycles. The average molecular weight is 306 g/mol. The third-order valence-corrected chi connectivity index (χ3v) is 3.75. The van der Waals surface area contributed by atoms with Crippen molar-refractivity contribution in [2.45, 2.75) is 63.4 Å². The zero-order chi connectivity index (χ0) is 15.7. The lowest BCUT2D eigenvalue weighted by Crippen LogP contribution is -2.59. The predicted octanol–water partition coefficient (Wildman–Crippen LogP) is -1.80. The van der Waals surface area contributed by atoms with Crippen molar-refractivity contribution in [3.05, 3.63) is 11.3 Å². The molecule has 0 aliphatic carbocycles. The highest BCUT2D eigenvalue weighted by Gasteiger charge is 2.45. The van der Waals surface area contributed by atoms with E-state index in [9.17, 15) is 20.4 Å². The lowest BCUT2D eigenvalue weighted by atomic mass is 9.99. The number of aliphatic hydroxyl groups excluding tert-OH is 5. The Labute approximate surface area is 122 Å². The smallest absolute Gasteiger partial charge is 0.228 e. The van der Waals surface area contributed by atoms with Crippen molar-refractivity contribution >= 4 is 0 Å². The van der Waals surface area contributed by atoms with Gasteiger partial charge in [0.25, 0.3) is 0 Å². The highest BCUT2D eigenvalue weighted by atomic mass is 16.7. The summed E-state index contributed by atoms with van der Waals surface area (Å²) in [6, 6.07) is 0. The van der Waals surface area contributed by atoms with Crippen LogP contribution in [0.25, 0.3) is 0 Å². The van der Waals surface area contributed by atoms with Crippen molar-refractivity contribution in [2.24, 2.45) is 0 Å². The Morgan fingerprint density at radius 1 is 1.10 bits per heavy atom. The third kappa shape index (κ3) is 3.37. The van der Waals surface area contributed by atoms with Crippen LogP contribution in [0.15, 0.2) is 11.3 Å². The summed E-state index contributed by atoms with van der Waals surface area (Å²) in [5, 5.41) is 48.1. The second-order valence-electron chi connectivity index (χ2n) is 5.42. The topological polar surface area (TPSA) is 129 Å². The molecule has 0 aromatic heterocycles. The lowest BCUT2D eigenvalue weighted by Gasteiger charge is -2.41.